The first-order chi connectivity index (χ1) is 16.3. The van der Waals surface area contributed by atoms with E-state index in [1.807, 2.05) is 0 Å². The summed E-state index contributed by atoms with van der Waals surface area (Å²) in [5.74, 6) is -8.37. The van der Waals surface area contributed by atoms with Gasteiger partial charge in [0.1, 0.15) is 10.8 Å². The molecule has 2 aromatic rings. The third kappa shape index (κ3) is 6.26. The summed E-state index contributed by atoms with van der Waals surface area (Å²) in [6.45, 7) is 0. The number of nitro groups is 1. The first kappa shape index (κ1) is 29.3. The van der Waals surface area contributed by atoms with Gasteiger partial charge in [-0.05, 0) is 30.3 Å². The number of alkyl halides is 10. The molecule has 0 saturated heterocycles. The van der Waals surface area contributed by atoms with Crippen molar-refractivity contribution in [3.05, 3.63) is 58.1 Å². The van der Waals surface area contributed by atoms with Gasteiger partial charge in [-0.3, -0.25) is 14.9 Å². The van der Waals surface area contributed by atoms with Crippen molar-refractivity contribution in [1.29, 1.82) is 0 Å². The quantitative estimate of drug-likeness (QED) is 0.175. The van der Waals surface area contributed by atoms with E-state index in [0.717, 1.165) is 18.2 Å². The molecule has 0 heterocycles. The number of rotatable bonds is 8. The highest BCUT2D eigenvalue weighted by molar-refractivity contribution is 8.00. The number of nitrogens with one attached hydrogen (secondary N) is 1. The summed E-state index contributed by atoms with van der Waals surface area (Å²) in [5, 5.41) is 7.14. The summed E-state index contributed by atoms with van der Waals surface area (Å²) in [6, 6.07) is 4.49. The molecule has 0 aliphatic heterocycles. The molecule has 0 aliphatic rings. The van der Waals surface area contributed by atoms with Gasteiger partial charge in [0, 0.05) is 11.8 Å². The standard InChI is InChI=1S/C18H10F10N2O4S2/c19-15(20,21)9-2-1-3-10(6-9)29-14(31)8-35-13-5-4-11(7-12(13)30(32)33)36(34)18(27,28)16(22,23)17(24,25)26/h1-7H,8H2,(H,29,31)/t36-/m0/s1. The zero-order valence-corrected chi connectivity index (χ0v) is 18.6. The Hall–Kier alpha value is -2.89. The topological polar surface area (TPSA) is 89.3 Å². The minimum Gasteiger partial charge on any atom is -0.325 e. The first-order valence-electron chi connectivity index (χ1n) is 8.91. The van der Waals surface area contributed by atoms with Crippen LogP contribution in [0.25, 0.3) is 0 Å². The van der Waals surface area contributed by atoms with Gasteiger partial charge in [0.25, 0.3) is 5.69 Å². The Kier molecular flexibility index (Phi) is 8.34. The molecule has 0 unspecified atom stereocenters. The Balaban J connectivity index is 2.23. The van der Waals surface area contributed by atoms with Crippen LogP contribution in [0.2, 0.25) is 0 Å². The largest absolute Gasteiger partial charge is 0.461 e. The van der Waals surface area contributed by atoms with Crippen LogP contribution in [0.5, 0.6) is 0 Å². The van der Waals surface area contributed by atoms with Gasteiger partial charge in [-0.1, -0.05) is 6.07 Å². The molecule has 1 amide bonds. The number of nitrogens with zero attached hydrogens (tertiary/aromatic N) is 1. The lowest BCUT2D eigenvalue weighted by Crippen LogP contribution is -2.54. The van der Waals surface area contributed by atoms with Crippen molar-refractivity contribution in [2.45, 2.75) is 33.3 Å². The molecule has 0 spiro atoms. The van der Waals surface area contributed by atoms with Crippen molar-refractivity contribution in [1.82, 2.24) is 0 Å². The maximum Gasteiger partial charge on any atom is 0.461 e. The number of carbonyl (C=O) groups is 1. The molecule has 36 heavy (non-hydrogen) atoms. The van der Waals surface area contributed by atoms with Gasteiger partial charge in [-0.25, -0.2) is 4.21 Å². The predicted molar refractivity (Wildman–Crippen MR) is 106 cm³/mol. The summed E-state index contributed by atoms with van der Waals surface area (Å²) in [4.78, 5) is 20.1. The number of nitro benzene ring substituents is 1. The maximum absolute atomic E-state index is 13.7. The van der Waals surface area contributed by atoms with Crippen LogP contribution < -0.4 is 5.32 Å². The highest BCUT2D eigenvalue weighted by Gasteiger charge is 2.76. The van der Waals surface area contributed by atoms with Crippen LogP contribution in [0.3, 0.4) is 0 Å². The third-order valence-corrected chi connectivity index (χ3v) is 6.59. The summed E-state index contributed by atoms with van der Waals surface area (Å²) in [6.07, 6.45) is -11.5. The van der Waals surface area contributed by atoms with Crippen LogP contribution in [0.1, 0.15) is 5.56 Å². The average Bonchev–Trinajstić information content (AvgIpc) is 2.75. The van der Waals surface area contributed by atoms with Gasteiger partial charge >= 0.3 is 23.5 Å². The third-order valence-electron chi connectivity index (χ3n) is 4.13. The number of carbonyl (C=O) groups excluding carboxylic acids is 1. The van der Waals surface area contributed by atoms with E-state index in [0.29, 0.717) is 30.0 Å². The van der Waals surface area contributed by atoms with Crippen molar-refractivity contribution in [2.75, 3.05) is 11.1 Å². The van der Waals surface area contributed by atoms with Gasteiger partial charge < -0.3 is 5.32 Å². The van der Waals surface area contributed by atoms with Crippen LogP contribution in [0, 0.1) is 10.1 Å². The fourth-order valence-electron chi connectivity index (χ4n) is 2.42. The van der Waals surface area contributed by atoms with Crippen LogP contribution in [-0.4, -0.2) is 38.1 Å². The maximum atomic E-state index is 13.7. The lowest BCUT2D eigenvalue weighted by molar-refractivity contribution is -0.388. The Bertz CT molecular complexity index is 1190. The molecule has 0 saturated carbocycles. The molecule has 0 aromatic heterocycles. The fourth-order valence-corrected chi connectivity index (χ4v) is 4.28. The van der Waals surface area contributed by atoms with E-state index in [1.165, 1.54) is 0 Å². The first-order valence-corrected chi connectivity index (χ1v) is 11.0. The molecular weight excluding hydrogens is 562 g/mol. The summed E-state index contributed by atoms with van der Waals surface area (Å²) >= 11 is 0.360. The van der Waals surface area contributed by atoms with Gasteiger partial charge in [-0.15, -0.1) is 11.8 Å². The molecule has 0 bridgehead atoms. The van der Waals surface area contributed by atoms with Crippen LogP contribution >= 0.6 is 11.8 Å². The smallest absolute Gasteiger partial charge is 0.325 e. The minimum atomic E-state index is -6.78. The van der Waals surface area contributed by atoms with Gasteiger partial charge in [0.2, 0.25) is 5.91 Å². The number of benzene rings is 2. The van der Waals surface area contributed by atoms with Crippen molar-refractivity contribution >= 4 is 39.8 Å². The van der Waals surface area contributed by atoms with E-state index >= 15 is 0 Å². The van der Waals surface area contributed by atoms with Crippen LogP contribution in [0.15, 0.2) is 52.3 Å². The zero-order valence-electron chi connectivity index (χ0n) is 16.9. The molecular formula is C18H10F10N2O4S2. The second-order valence-electron chi connectivity index (χ2n) is 6.66. The van der Waals surface area contributed by atoms with Crippen molar-refractivity contribution in [2.24, 2.45) is 0 Å². The number of hydrogen-bond acceptors (Lipinski definition) is 5. The molecule has 2 rings (SSSR count). The number of amides is 1. The lowest BCUT2D eigenvalue weighted by Gasteiger charge is -2.27. The highest BCUT2D eigenvalue weighted by atomic mass is 32.2. The number of halogens is 10. The summed E-state index contributed by atoms with van der Waals surface area (Å²) in [7, 11) is -4.38. The lowest BCUT2D eigenvalue weighted by atomic mass is 10.2. The highest BCUT2D eigenvalue weighted by Crippen LogP contribution is 2.49. The molecule has 0 radical (unpaired) electrons. The van der Waals surface area contributed by atoms with E-state index < -0.39 is 72.0 Å². The Morgan fingerprint density at radius 2 is 1.58 bits per heavy atom. The van der Waals surface area contributed by atoms with Crippen LogP contribution in [0.4, 0.5) is 55.3 Å². The summed E-state index contributed by atoms with van der Waals surface area (Å²) < 4.78 is 141. The Morgan fingerprint density at radius 1 is 0.972 bits per heavy atom. The van der Waals surface area contributed by atoms with Crippen molar-refractivity contribution in [3.63, 3.8) is 0 Å². The second kappa shape index (κ2) is 10.2. The van der Waals surface area contributed by atoms with Gasteiger partial charge in [-0.2, -0.15) is 43.9 Å². The normalized spacial score (nSPS) is 13.8. The molecule has 1 atom stereocenters. The predicted octanol–water partition coefficient (Wildman–Crippen LogP) is 6.24. The molecule has 0 aliphatic carbocycles. The minimum absolute atomic E-state index is 0.0868. The Labute approximate surface area is 200 Å². The Morgan fingerprint density at radius 3 is 2.11 bits per heavy atom. The number of hydrogen-bond donors (Lipinski definition) is 1. The van der Waals surface area contributed by atoms with E-state index in [1.54, 1.807) is 0 Å². The number of anilines is 1. The van der Waals surface area contributed by atoms with Crippen LogP contribution in [-0.2, 0) is 21.8 Å². The zero-order chi connectivity index (χ0) is 27.7. The summed E-state index contributed by atoms with van der Waals surface area (Å²) in [5.41, 5.74) is -2.51. The van der Waals surface area contributed by atoms with Gasteiger partial charge in [0.15, 0.2) is 0 Å². The van der Waals surface area contributed by atoms with E-state index in [4.69, 9.17) is 0 Å². The van der Waals surface area contributed by atoms with Crippen molar-refractivity contribution in [3.8, 4) is 0 Å². The van der Waals surface area contributed by atoms with Gasteiger partial charge in [0.05, 0.1) is 26.0 Å². The van der Waals surface area contributed by atoms with Crippen molar-refractivity contribution < 1.29 is 57.8 Å². The monoisotopic (exact) mass is 572 g/mol. The van der Waals surface area contributed by atoms with E-state index in [9.17, 15) is 63.0 Å². The fraction of sp³-hybridized carbons (Fsp3) is 0.278. The molecule has 18 heteroatoms. The molecule has 0 fully saturated rings. The van der Waals surface area contributed by atoms with E-state index in [2.05, 4.69) is 5.32 Å². The molecule has 1 N–H and O–H groups in total. The molecule has 6 nitrogen and oxygen atoms in total. The number of thioether (sulfide) groups is 1. The molecule has 2 aromatic carbocycles. The average molecular weight is 572 g/mol. The molecule has 198 valence electrons. The second-order valence-corrected chi connectivity index (χ2v) is 9.20. The van der Waals surface area contributed by atoms with E-state index in [-0.39, 0.29) is 11.8 Å². The SMILES string of the molecule is O=C(CSc1ccc([S@](=O)C(F)(F)C(F)(F)C(F)(F)F)cc1[N+](=O)[O-])Nc1cccc(C(F)(F)F)c1.